The molecule has 0 saturated carbocycles. The molecular weight excluding hydrogens is 615 g/mol. The summed E-state index contributed by atoms with van der Waals surface area (Å²) in [7, 11) is 0. The van der Waals surface area contributed by atoms with Crippen LogP contribution in [-0.4, -0.2) is 95.6 Å². The first-order chi connectivity index (χ1) is 21.0. The van der Waals surface area contributed by atoms with Crippen molar-refractivity contribution in [3.63, 3.8) is 0 Å². The maximum absolute atomic E-state index is 13.3. The van der Waals surface area contributed by atoms with E-state index in [9.17, 15) is 19.5 Å². The van der Waals surface area contributed by atoms with Gasteiger partial charge in [-0.25, -0.2) is 9.48 Å². The molecule has 0 aliphatic carbocycles. The van der Waals surface area contributed by atoms with Gasteiger partial charge in [-0.2, -0.15) is 0 Å². The van der Waals surface area contributed by atoms with Crippen LogP contribution in [0.1, 0.15) is 65.2 Å². The number of amides is 2. The molecule has 0 spiro atoms. The van der Waals surface area contributed by atoms with Gasteiger partial charge in [0.15, 0.2) is 5.76 Å². The zero-order valence-electron chi connectivity index (χ0n) is 24.5. The Bertz CT molecular complexity index is 1240. The molecule has 1 unspecified atom stereocenters. The number of carboxylic acid groups (broad SMARTS) is 1. The quantitative estimate of drug-likeness (QED) is 0.0779. The second-order valence-electron chi connectivity index (χ2n) is 10.2. The number of nitrogens with one attached hydrogen (secondary N) is 1. The molecule has 4 heterocycles. The number of unbranched alkanes of at least 4 members (excludes halogenated alkanes) is 6. The molecule has 1 saturated heterocycles. The molecule has 2 amide bonds. The van der Waals surface area contributed by atoms with Crippen molar-refractivity contribution in [3.8, 4) is 0 Å². The number of aryl methyl sites for hydroxylation is 1. The van der Waals surface area contributed by atoms with E-state index in [0.29, 0.717) is 47.8 Å². The Morgan fingerprint density at radius 2 is 2.00 bits per heavy atom. The van der Waals surface area contributed by atoms with Crippen LogP contribution in [0.5, 0.6) is 0 Å². The number of carbonyl (C=O) groups excluding carboxylic acids is 2. The Morgan fingerprint density at radius 3 is 2.72 bits per heavy atom. The molecule has 16 heteroatoms. The molecule has 43 heavy (non-hydrogen) atoms. The van der Waals surface area contributed by atoms with Gasteiger partial charge in [-0.05, 0) is 35.3 Å². The third kappa shape index (κ3) is 8.69. The van der Waals surface area contributed by atoms with Gasteiger partial charge in [-0.15, -0.1) is 28.6 Å². The summed E-state index contributed by atoms with van der Waals surface area (Å²) in [5, 5.41) is 30.6. The van der Waals surface area contributed by atoms with Gasteiger partial charge in [0.05, 0.1) is 6.61 Å². The molecule has 3 aliphatic heterocycles. The zero-order chi connectivity index (χ0) is 30.6. The Balaban J connectivity index is 1.40. The van der Waals surface area contributed by atoms with E-state index in [-0.39, 0.29) is 11.4 Å². The van der Waals surface area contributed by atoms with E-state index in [1.807, 2.05) is 0 Å². The summed E-state index contributed by atoms with van der Waals surface area (Å²) in [6.07, 6.45) is 8.34. The number of rotatable bonds is 18. The van der Waals surface area contributed by atoms with Crippen LogP contribution in [0.25, 0.3) is 0 Å². The average molecular weight is 654 g/mol. The normalized spacial score (nSPS) is 20.2. The standard InChI is InChI=1S/C27H39N7O6S3/c1-3-5-7-9-11-33-27(29-31-32-33)43-16-18-15-42-25-21(24(36)34(25)22(18)26(37)38)28-23(35)20(19-17-41-14-13-39-19)30-40-12-10-8-6-4-2/h17,21,25H,3-16H2,1-2H3,(H,28,35)(H,37,38)/t21?,25-/m1/s1. The molecule has 1 fully saturated rings. The Kier molecular flexibility index (Phi) is 13.1. The number of oxime groups is 1. The molecule has 1 aromatic heterocycles. The number of hydrogen-bond acceptors (Lipinski definition) is 12. The second kappa shape index (κ2) is 16.9. The van der Waals surface area contributed by atoms with Gasteiger partial charge in [0.1, 0.15) is 23.7 Å². The average Bonchev–Trinajstić information content (AvgIpc) is 3.47. The fourth-order valence-electron chi connectivity index (χ4n) is 4.68. The van der Waals surface area contributed by atoms with Gasteiger partial charge in [-0.1, -0.05) is 62.9 Å². The van der Waals surface area contributed by atoms with E-state index in [1.165, 1.54) is 40.2 Å². The minimum absolute atomic E-state index is 0.0340. The van der Waals surface area contributed by atoms with Crippen molar-refractivity contribution in [3.05, 3.63) is 22.4 Å². The SMILES string of the molecule is CCCCCCON=C(C(=O)NC1C(=O)N2C(C(=O)O)=C(CSc3nnnn3CCCCCC)CS[C@H]12)C1=CSCCO1. The number of thioether (sulfide) groups is 3. The number of carbonyl (C=O) groups is 3. The van der Waals surface area contributed by atoms with Gasteiger partial charge >= 0.3 is 5.97 Å². The Morgan fingerprint density at radius 1 is 1.21 bits per heavy atom. The molecule has 236 valence electrons. The lowest BCUT2D eigenvalue weighted by Crippen LogP contribution is -2.71. The molecule has 2 N–H and O–H groups in total. The predicted octanol–water partition coefficient (Wildman–Crippen LogP) is 3.64. The fourth-order valence-corrected chi connectivity index (χ4v) is 7.70. The number of tetrazole rings is 1. The number of aromatic nitrogens is 4. The fraction of sp³-hybridized carbons (Fsp3) is 0.667. The van der Waals surface area contributed by atoms with Crippen molar-refractivity contribution in [2.24, 2.45) is 5.16 Å². The van der Waals surface area contributed by atoms with E-state index >= 15 is 0 Å². The number of β-lactam (4-membered cyclic amide) rings is 1. The van der Waals surface area contributed by atoms with Crippen molar-refractivity contribution in [2.75, 3.05) is 30.5 Å². The van der Waals surface area contributed by atoms with E-state index < -0.39 is 29.2 Å². The van der Waals surface area contributed by atoms with Crippen LogP contribution in [0.15, 0.2) is 32.7 Å². The number of fused-ring (bicyclic) bond motifs is 1. The van der Waals surface area contributed by atoms with Crippen LogP contribution < -0.4 is 5.32 Å². The van der Waals surface area contributed by atoms with Gasteiger partial charge < -0.3 is 20.0 Å². The molecule has 2 atom stereocenters. The lowest BCUT2D eigenvalue weighted by Gasteiger charge is -2.49. The van der Waals surface area contributed by atoms with Crippen LogP contribution in [0.3, 0.4) is 0 Å². The first kappa shape index (κ1) is 33.2. The number of aliphatic carboxylic acids is 1. The van der Waals surface area contributed by atoms with Gasteiger partial charge in [-0.3, -0.25) is 14.5 Å². The van der Waals surface area contributed by atoms with Crippen LogP contribution >= 0.6 is 35.3 Å². The molecule has 0 radical (unpaired) electrons. The number of hydrogen-bond donors (Lipinski definition) is 2. The van der Waals surface area contributed by atoms with Crippen LogP contribution in [0.2, 0.25) is 0 Å². The Labute approximate surface area is 264 Å². The topological polar surface area (TPSA) is 161 Å². The summed E-state index contributed by atoms with van der Waals surface area (Å²) in [6.45, 7) is 5.76. The van der Waals surface area contributed by atoms with E-state index in [4.69, 9.17) is 9.57 Å². The summed E-state index contributed by atoms with van der Waals surface area (Å²) in [4.78, 5) is 45.6. The van der Waals surface area contributed by atoms with E-state index in [1.54, 1.807) is 10.1 Å². The Hall–Kier alpha value is -2.72. The summed E-state index contributed by atoms with van der Waals surface area (Å²) in [5.41, 5.74) is 0.523. The van der Waals surface area contributed by atoms with Crippen LogP contribution in [0, 0.1) is 0 Å². The van der Waals surface area contributed by atoms with Crippen molar-refractivity contribution < 1.29 is 29.1 Å². The summed E-state index contributed by atoms with van der Waals surface area (Å²) < 4.78 is 7.38. The largest absolute Gasteiger partial charge is 0.490 e. The second-order valence-corrected chi connectivity index (χ2v) is 13.2. The third-order valence-corrected chi connectivity index (χ3v) is 10.1. The number of carboxylic acids is 1. The van der Waals surface area contributed by atoms with E-state index in [0.717, 1.165) is 57.1 Å². The summed E-state index contributed by atoms with van der Waals surface area (Å²) in [6, 6.07) is -0.900. The number of ether oxygens (including phenoxy) is 1. The molecule has 1 aromatic rings. The zero-order valence-corrected chi connectivity index (χ0v) is 27.0. The first-order valence-corrected chi connectivity index (χ1v) is 17.8. The molecular formula is C27H39N7O6S3. The van der Waals surface area contributed by atoms with E-state index in [2.05, 4.69) is 39.8 Å². The van der Waals surface area contributed by atoms with Crippen LogP contribution in [0.4, 0.5) is 0 Å². The highest BCUT2D eigenvalue weighted by molar-refractivity contribution is 8.02. The highest BCUT2D eigenvalue weighted by atomic mass is 32.2. The molecule has 3 aliphatic rings. The highest BCUT2D eigenvalue weighted by Crippen LogP contribution is 2.41. The molecule has 0 bridgehead atoms. The van der Waals surface area contributed by atoms with Crippen molar-refractivity contribution >= 4 is 58.8 Å². The minimum atomic E-state index is -1.19. The smallest absolute Gasteiger partial charge is 0.352 e. The maximum atomic E-state index is 13.3. The summed E-state index contributed by atoms with van der Waals surface area (Å²) in [5.74, 6) is -0.514. The maximum Gasteiger partial charge on any atom is 0.352 e. The monoisotopic (exact) mass is 653 g/mol. The summed E-state index contributed by atoms with van der Waals surface area (Å²) >= 11 is 4.26. The highest BCUT2D eigenvalue weighted by Gasteiger charge is 2.54. The third-order valence-electron chi connectivity index (χ3n) is 6.98. The molecule has 13 nitrogen and oxygen atoms in total. The first-order valence-electron chi connectivity index (χ1n) is 14.7. The van der Waals surface area contributed by atoms with Gasteiger partial charge in [0, 0.05) is 29.2 Å². The minimum Gasteiger partial charge on any atom is -0.490 e. The lowest BCUT2D eigenvalue weighted by molar-refractivity contribution is -0.150. The molecule has 4 rings (SSSR count). The van der Waals surface area contributed by atoms with Gasteiger partial charge in [0.2, 0.25) is 10.9 Å². The van der Waals surface area contributed by atoms with Crippen molar-refractivity contribution in [2.45, 2.75) is 88.3 Å². The molecule has 0 aromatic carbocycles. The van der Waals surface area contributed by atoms with Gasteiger partial charge in [0.25, 0.3) is 11.8 Å². The van der Waals surface area contributed by atoms with Crippen LogP contribution in [-0.2, 0) is 30.5 Å². The lowest BCUT2D eigenvalue weighted by atomic mass is 10.0. The van der Waals surface area contributed by atoms with Crippen molar-refractivity contribution in [1.82, 2.24) is 30.4 Å². The van der Waals surface area contributed by atoms with Crippen molar-refractivity contribution in [1.29, 1.82) is 0 Å². The number of nitrogens with zero attached hydrogens (tertiary/aromatic N) is 6. The predicted molar refractivity (Wildman–Crippen MR) is 166 cm³/mol.